The third-order valence-electron chi connectivity index (χ3n) is 5.88. The molecule has 0 unspecified atom stereocenters. The number of methoxy groups -OCH3 is 1. The van der Waals surface area contributed by atoms with Crippen molar-refractivity contribution in [3.63, 3.8) is 0 Å². The molecule has 198 valence electrons. The third-order valence-corrected chi connectivity index (χ3v) is 6.86. The molecule has 0 saturated carbocycles. The van der Waals surface area contributed by atoms with E-state index >= 15 is 0 Å². The molecule has 9 heteroatoms. The molecular weight excluding hydrogens is 504 g/mol. The third kappa shape index (κ3) is 5.28. The van der Waals surface area contributed by atoms with E-state index in [4.69, 9.17) is 18.9 Å². The second kappa shape index (κ2) is 12.0. The van der Waals surface area contributed by atoms with Crippen LogP contribution in [0.1, 0.15) is 37.9 Å². The summed E-state index contributed by atoms with van der Waals surface area (Å²) in [5, 5.41) is 0. The molecule has 1 aliphatic heterocycles. The molecule has 4 rings (SSSR count). The van der Waals surface area contributed by atoms with Crippen LogP contribution in [0, 0.1) is 0 Å². The lowest BCUT2D eigenvalue weighted by molar-refractivity contribution is -0.139. The van der Waals surface area contributed by atoms with Gasteiger partial charge in [-0.1, -0.05) is 48.3 Å². The summed E-state index contributed by atoms with van der Waals surface area (Å²) in [5.41, 5.74) is 1.93. The van der Waals surface area contributed by atoms with E-state index in [1.165, 1.54) is 15.9 Å². The average Bonchev–Trinajstić information content (AvgIpc) is 3.22. The topological polar surface area (TPSA) is 88.3 Å². The molecule has 0 fully saturated rings. The molecular formula is C29H30N2O6S. The van der Waals surface area contributed by atoms with Gasteiger partial charge in [0.25, 0.3) is 5.56 Å². The van der Waals surface area contributed by atoms with Gasteiger partial charge >= 0.3 is 5.97 Å². The van der Waals surface area contributed by atoms with Gasteiger partial charge in [-0.25, -0.2) is 9.79 Å². The fraction of sp³-hybridized carbons (Fsp3) is 0.276. The number of benzene rings is 2. The van der Waals surface area contributed by atoms with Crippen LogP contribution in [0.25, 0.3) is 6.08 Å². The van der Waals surface area contributed by atoms with Gasteiger partial charge in [0, 0.05) is 5.56 Å². The lowest BCUT2D eigenvalue weighted by Crippen LogP contribution is -2.40. The van der Waals surface area contributed by atoms with Crippen LogP contribution in [-0.2, 0) is 9.53 Å². The summed E-state index contributed by atoms with van der Waals surface area (Å²) >= 11 is 1.26. The fourth-order valence-electron chi connectivity index (χ4n) is 4.26. The number of para-hydroxylation sites is 1. The molecule has 8 nitrogen and oxygen atoms in total. The highest BCUT2D eigenvalue weighted by Crippen LogP contribution is 2.40. The van der Waals surface area contributed by atoms with Gasteiger partial charge in [-0.3, -0.25) is 9.36 Å². The quantitative estimate of drug-likeness (QED) is 0.291. The predicted molar refractivity (Wildman–Crippen MR) is 147 cm³/mol. The number of carbonyl (C=O) groups is 1. The van der Waals surface area contributed by atoms with Crippen LogP contribution >= 0.6 is 11.3 Å². The van der Waals surface area contributed by atoms with Crippen molar-refractivity contribution in [2.45, 2.75) is 26.8 Å². The van der Waals surface area contributed by atoms with Crippen LogP contribution in [0.3, 0.4) is 0 Å². The summed E-state index contributed by atoms with van der Waals surface area (Å²) < 4.78 is 24.5. The van der Waals surface area contributed by atoms with Crippen molar-refractivity contribution in [1.82, 2.24) is 4.57 Å². The zero-order valence-corrected chi connectivity index (χ0v) is 22.7. The minimum Gasteiger partial charge on any atom is -0.493 e. The van der Waals surface area contributed by atoms with Crippen molar-refractivity contribution in [3.05, 3.63) is 97.2 Å². The average molecular weight is 535 g/mol. The van der Waals surface area contributed by atoms with Crippen molar-refractivity contribution in [2.75, 3.05) is 26.9 Å². The van der Waals surface area contributed by atoms with Gasteiger partial charge in [-0.2, -0.15) is 0 Å². The first-order chi connectivity index (χ1) is 18.4. The van der Waals surface area contributed by atoms with E-state index in [-0.39, 0.29) is 17.7 Å². The number of ether oxygens (including phenoxy) is 4. The highest BCUT2D eigenvalue weighted by molar-refractivity contribution is 7.07. The summed E-state index contributed by atoms with van der Waals surface area (Å²) in [5.74, 6) is 1.14. The molecule has 3 aromatic rings. The van der Waals surface area contributed by atoms with Crippen molar-refractivity contribution < 1.29 is 23.7 Å². The Labute approximate surface area is 224 Å². The normalized spacial score (nSPS) is 14.9. The van der Waals surface area contributed by atoms with Crippen molar-refractivity contribution >= 4 is 23.4 Å². The van der Waals surface area contributed by atoms with Gasteiger partial charge in [0.1, 0.15) is 18.4 Å². The van der Waals surface area contributed by atoms with Gasteiger partial charge < -0.3 is 18.9 Å². The first kappa shape index (κ1) is 26.9. The van der Waals surface area contributed by atoms with Crippen molar-refractivity contribution in [3.8, 4) is 17.2 Å². The molecule has 2 heterocycles. The van der Waals surface area contributed by atoms with E-state index in [1.807, 2.05) is 37.3 Å². The smallest absolute Gasteiger partial charge is 0.338 e. The predicted octanol–water partition coefficient (Wildman–Crippen LogP) is 3.77. The van der Waals surface area contributed by atoms with Crippen LogP contribution < -0.4 is 29.1 Å². The van der Waals surface area contributed by atoms with E-state index in [2.05, 4.69) is 11.6 Å². The molecule has 0 bridgehead atoms. The standard InChI is InChI=1S/C29H30N2O6S/c1-6-16-37-20-14-12-19(13-15-20)17-23-27(32)31-25(21-10-9-11-22(34-5)26(21)35-7-2)24(28(33)36-8-3)18(4)30-29(31)38-23/h6,9-15,17,25H,1,7-8,16H2,2-5H3/t25-/m1/s1. The lowest BCUT2D eigenvalue weighted by atomic mass is 9.94. The van der Waals surface area contributed by atoms with Gasteiger partial charge in [0.2, 0.25) is 0 Å². The maximum absolute atomic E-state index is 13.9. The molecule has 38 heavy (non-hydrogen) atoms. The first-order valence-corrected chi connectivity index (χ1v) is 13.1. The van der Waals surface area contributed by atoms with Gasteiger partial charge in [-0.15, -0.1) is 0 Å². The number of hydrogen-bond donors (Lipinski definition) is 0. The zero-order valence-electron chi connectivity index (χ0n) is 21.9. The molecule has 1 aliphatic rings. The molecule has 1 atom stereocenters. The Morgan fingerprint density at radius 2 is 1.89 bits per heavy atom. The van der Waals surface area contributed by atoms with E-state index in [1.54, 1.807) is 45.2 Å². The Morgan fingerprint density at radius 1 is 1.13 bits per heavy atom. The molecule has 0 spiro atoms. The number of aromatic nitrogens is 1. The van der Waals surface area contributed by atoms with E-state index in [9.17, 15) is 9.59 Å². The largest absolute Gasteiger partial charge is 0.493 e. The second-order valence-electron chi connectivity index (χ2n) is 8.28. The zero-order chi connectivity index (χ0) is 27.2. The SMILES string of the molecule is C=CCOc1ccc(C=c2sc3n(c2=O)[C@H](c2cccc(OC)c2OCC)C(C(=O)OCC)=C(C)N=3)cc1. The highest BCUT2D eigenvalue weighted by atomic mass is 32.1. The summed E-state index contributed by atoms with van der Waals surface area (Å²) in [6.07, 6.45) is 3.48. The molecule has 0 N–H and O–H groups in total. The van der Waals surface area contributed by atoms with Crippen LogP contribution in [-0.4, -0.2) is 37.5 Å². The summed E-state index contributed by atoms with van der Waals surface area (Å²) in [7, 11) is 1.55. The molecule has 0 saturated heterocycles. The Kier molecular flexibility index (Phi) is 8.48. The highest BCUT2D eigenvalue weighted by Gasteiger charge is 2.35. The molecule has 1 aromatic heterocycles. The number of nitrogens with zero attached hydrogens (tertiary/aromatic N) is 2. The number of esters is 1. The number of fused-ring (bicyclic) bond motifs is 1. The minimum atomic E-state index is -0.807. The van der Waals surface area contributed by atoms with Gasteiger partial charge in [0.15, 0.2) is 16.3 Å². The van der Waals surface area contributed by atoms with Gasteiger partial charge in [-0.05, 0) is 50.6 Å². The molecule has 0 aliphatic carbocycles. The van der Waals surface area contributed by atoms with Crippen molar-refractivity contribution in [1.29, 1.82) is 0 Å². The minimum absolute atomic E-state index is 0.190. The summed E-state index contributed by atoms with van der Waals surface area (Å²) in [4.78, 5) is 32.2. The number of allylic oxidation sites excluding steroid dienone is 1. The number of rotatable bonds is 10. The Hall–Kier alpha value is -4.11. The van der Waals surface area contributed by atoms with Crippen LogP contribution in [0.2, 0.25) is 0 Å². The Balaban J connectivity index is 1.92. The maximum Gasteiger partial charge on any atom is 0.338 e. The molecule has 0 radical (unpaired) electrons. The molecule has 0 amide bonds. The van der Waals surface area contributed by atoms with Crippen LogP contribution in [0.15, 0.2) is 76.2 Å². The second-order valence-corrected chi connectivity index (χ2v) is 9.29. The number of carbonyl (C=O) groups excluding carboxylic acids is 1. The Bertz CT molecular complexity index is 1550. The van der Waals surface area contributed by atoms with Crippen LogP contribution in [0.5, 0.6) is 17.2 Å². The van der Waals surface area contributed by atoms with Gasteiger partial charge in [0.05, 0.1) is 36.1 Å². The lowest BCUT2D eigenvalue weighted by Gasteiger charge is -2.26. The van der Waals surface area contributed by atoms with Crippen molar-refractivity contribution in [2.24, 2.45) is 4.99 Å². The first-order valence-electron chi connectivity index (χ1n) is 12.3. The fourth-order valence-corrected chi connectivity index (χ4v) is 5.31. The molecule has 2 aromatic carbocycles. The van der Waals surface area contributed by atoms with Crippen LogP contribution in [0.4, 0.5) is 0 Å². The van der Waals surface area contributed by atoms with E-state index < -0.39 is 12.0 Å². The van der Waals surface area contributed by atoms with E-state index in [0.717, 1.165) is 5.56 Å². The Morgan fingerprint density at radius 3 is 2.55 bits per heavy atom. The summed E-state index contributed by atoms with van der Waals surface area (Å²) in [6.45, 7) is 9.98. The van der Waals surface area contributed by atoms with E-state index in [0.29, 0.717) is 51.1 Å². The maximum atomic E-state index is 13.9. The number of thiazole rings is 1. The summed E-state index contributed by atoms with van der Waals surface area (Å²) in [6, 6.07) is 12.0. The monoisotopic (exact) mass is 534 g/mol. The number of hydrogen-bond acceptors (Lipinski definition) is 8.